The SMILES string of the molecule is C[C@@H](O)CC(=O)SCCNC(=O)CCNC(=O)[C@@H]1OC(O)C(=O)OCC1(C)C. The number of thioether (sulfide) groups is 1. The van der Waals surface area contributed by atoms with Crippen molar-refractivity contribution < 1.29 is 38.9 Å². The van der Waals surface area contributed by atoms with Crippen molar-refractivity contribution in [2.24, 2.45) is 5.41 Å². The highest BCUT2D eigenvalue weighted by molar-refractivity contribution is 8.13. The number of rotatable bonds is 9. The van der Waals surface area contributed by atoms with E-state index in [1.54, 1.807) is 13.8 Å². The number of amides is 2. The fourth-order valence-electron chi connectivity index (χ4n) is 2.33. The summed E-state index contributed by atoms with van der Waals surface area (Å²) in [7, 11) is 0. The van der Waals surface area contributed by atoms with Crippen LogP contribution in [0.1, 0.15) is 33.6 Å². The van der Waals surface area contributed by atoms with Crippen LogP contribution in [0, 0.1) is 5.41 Å². The van der Waals surface area contributed by atoms with Gasteiger partial charge in [-0.3, -0.25) is 14.4 Å². The third-order valence-electron chi connectivity index (χ3n) is 3.80. The number of aliphatic hydroxyl groups is 2. The molecule has 0 aliphatic carbocycles. The van der Waals surface area contributed by atoms with Crippen molar-refractivity contribution in [1.82, 2.24) is 10.6 Å². The lowest BCUT2D eigenvalue weighted by molar-refractivity contribution is -0.186. The first-order valence-electron chi connectivity index (χ1n) is 8.91. The van der Waals surface area contributed by atoms with Crippen LogP contribution < -0.4 is 10.6 Å². The van der Waals surface area contributed by atoms with Gasteiger partial charge in [-0.15, -0.1) is 0 Å². The summed E-state index contributed by atoms with van der Waals surface area (Å²) < 4.78 is 9.95. The molecule has 2 amide bonds. The fraction of sp³-hybridized carbons (Fsp3) is 0.765. The van der Waals surface area contributed by atoms with Crippen LogP contribution in [0.4, 0.5) is 0 Å². The number of hydrogen-bond acceptors (Lipinski definition) is 9. The van der Waals surface area contributed by atoms with Crippen molar-refractivity contribution in [2.45, 2.75) is 52.1 Å². The van der Waals surface area contributed by atoms with E-state index >= 15 is 0 Å². The molecule has 0 radical (unpaired) electrons. The number of carbonyl (C=O) groups excluding carboxylic acids is 4. The van der Waals surface area contributed by atoms with E-state index in [0.717, 1.165) is 11.8 Å². The summed E-state index contributed by atoms with van der Waals surface area (Å²) in [5, 5.41) is 23.7. The summed E-state index contributed by atoms with van der Waals surface area (Å²) >= 11 is 1.03. The molecule has 0 aromatic heterocycles. The fourth-order valence-corrected chi connectivity index (χ4v) is 3.12. The van der Waals surface area contributed by atoms with Crippen LogP contribution in [0.3, 0.4) is 0 Å². The zero-order valence-corrected chi connectivity index (χ0v) is 17.0. The quantitative estimate of drug-likeness (QED) is 0.270. The molecule has 0 spiro atoms. The summed E-state index contributed by atoms with van der Waals surface area (Å²) in [5.41, 5.74) is -0.852. The van der Waals surface area contributed by atoms with Crippen LogP contribution in [0.15, 0.2) is 0 Å². The predicted molar refractivity (Wildman–Crippen MR) is 100 cm³/mol. The van der Waals surface area contributed by atoms with Crippen molar-refractivity contribution in [2.75, 3.05) is 25.4 Å². The molecule has 1 rings (SSSR count). The Morgan fingerprint density at radius 2 is 1.96 bits per heavy atom. The Morgan fingerprint density at radius 1 is 1.29 bits per heavy atom. The summed E-state index contributed by atoms with van der Waals surface area (Å²) in [6.45, 7) is 5.08. The summed E-state index contributed by atoms with van der Waals surface area (Å²) in [5.74, 6) is -1.43. The molecule has 11 heteroatoms. The van der Waals surface area contributed by atoms with Crippen molar-refractivity contribution in [3.63, 3.8) is 0 Å². The molecule has 4 N–H and O–H groups in total. The Bertz CT molecular complexity index is 582. The summed E-state index contributed by atoms with van der Waals surface area (Å²) in [6.07, 6.45) is -3.56. The molecule has 1 heterocycles. The van der Waals surface area contributed by atoms with E-state index < -0.39 is 35.8 Å². The third kappa shape index (κ3) is 8.55. The lowest BCUT2D eigenvalue weighted by Gasteiger charge is -2.29. The molecule has 1 fully saturated rings. The van der Waals surface area contributed by atoms with E-state index in [1.807, 2.05) is 0 Å². The van der Waals surface area contributed by atoms with Gasteiger partial charge in [0.25, 0.3) is 6.29 Å². The standard InChI is InChI=1S/C17H28N2O8S/c1-10(20)8-12(22)28-7-6-18-11(21)4-5-19-14(23)13-17(2,3)9-26-15(24)16(25)27-13/h10,13,16,20,25H,4-9H2,1-3H3,(H,18,21)(H,19,23)/t10-,13+,16?/m1/s1. The van der Waals surface area contributed by atoms with Crippen LogP contribution in [0.5, 0.6) is 0 Å². The van der Waals surface area contributed by atoms with E-state index in [-0.39, 0.29) is 43.6 Å². The lowest BCUT2D eigenvalue weighted by atomic mass is 9.87. The second-order valence-corrected chi connectivity index (χ2v) is 8.28. The zero-order chi connectivity index (χ0) is 21.3. The van der Waals surface area contributed by atoms with Gasteiger partial charge in [0.2, 0.25) is 11.8 Å². The zero-order valence-electron chi connectivity index (χ0n) is 16.2. The smallest absolute Gasteiger partial charge is 0.363 e. The van der Waals surface area contributed by atoms with Crippen LogP contribution in [-0.2, 0) is 28.7 Å². The van der Waals surface area contributed by atoms with E-state index in [1.165, 1.54) is 6.92 Å². The van der Waals surface area contributed by atoms with Gasteiger partial charge in [0.05, 0.1) is 12.7 Å². The lowest BCUT2D eigenvalue weighted by Crippen LogP contribution is -2.48. The maximum Gasteiger partial charge on any atom is 0.363 e. The molecule has 0 aromatic carbocycles. The molecule has 1 unspecified atom stereocenters. The number of aliphatic hydroxyl groups excluding tert-OH is 2. The van der Waals surface area contributed by atoms with Crippen molar-refractivity contribution in [3.05, 3.63) is 0 Å². The number of cyclic esters (lactones) is 1. The van der Waals surface area contributed by atoms with Gasteiger partial charge in [0, 0.05) is 37.1 Å². The molecular weight excluding hydrogens is 392 g/mol. The molecule has 10 nitrogen and oxygen atoms in total. The maximum absolute atomic E-state index is 12.3. The first-order valence-corrected chi connectivity index (χ1v) is 9.89. The molecule has 0 aromatic rings. The second kappa shape index (κ2) is 11.3. The number of carbonyl (C=O) groups is 4. The molecule has 1 aliphatic rings. The number of hydrogen-bond donors (Lipinski definition) is 4. The van der Waals surface area contributed by atoms with Gasteiger partial charge in [-0.1, -0.05) is 25.6 Å². The minimum atomic E-state index is -1.84. The van der Waals surface area contributed by atoms with Crippen LogP contribution >= 0.6 is 11.8 Å². The topological polar surface area (TPSA) is 151 Å². The average Bonchev–Trinajstić information content (AvgIpc) is 2.69. The second-order valence-electron chi connectivity index (χ2n) is 7.13. The molecule has 1 aliphatic heterocycles. The third-order valence-corrected chi connectivity index (χ3v) is 4.70. The number of nitrogens with one attached hydrogen (secondary N) is 2. The van der Waals surface area contributed by atoms with Gasteiger partial charge < -0.3 is 30.3 Å². The highest BCUT2D eigenvalue weighted by Crippen LogP contribution is 2.28. The Labute approximate surface area is 167 Å². The van der Waals surface area contributed by atoms with Crippen molar-refractivity contribution in [3.8, 4) is 0 Å². The molecule has 0 bridgehead atoms. The van der Waals surface area contributed by atoms with Gasteiger partial charge >= 0.3 is 5.97 Å². The predicted octanol–water partition coefficient (Wildman–Crippen LogP) is -1.07. The van der Waals surface area contributed by atoms with Crippen molar-refractivity contribution >= 4 is 34.7 Å². The van der Waals surface area contributed by atoms with Gasteiger partial charge in [-0.25, -0.2) is 4.79 Å². The van der Waals surface area contributed by atoms with E-state index in [2.05, 4.69) is 10.6 Å². The van der Waals surface area contributed by atoms with E-state index in [0.29, 0.717) is 5.75 Å². The Morgan fingerprint density at radius 3 is 2.61 bits per heavy atom. The normalized spacial score (nSPS) is 22.5. The first kappa shape index (κ1) is 24.3. The largest absolute Gasteiger partial charge is 0.461 e. The number of ether oxygens (including phenoxy) is 2. The minimum absolute atomic E-state index is 0.0170. The molecular formula is C17H28N2O8S. The Hall–Kier alpha value is -1.69. The summed E-state index contributed by atoms with van der Waals surface area (Å²) in [6, 6.07) is 0. The van der Waals surface area contributed by atoms with Gasteiger partial charge in [-0.2, -0.15) is 0 Å². The Kier molecular flexibility index (Phi) is 9.87. The minimum Gasteiger partial charge on any atom is -0.461 e. The van der Waals surface area contributed by atoms with E-state index in [9.17, 15) is 24.3 Å². The average molecular weight is 420 g/mol. The summed E-state index contributed by atoms with van der Waals surface area (Å²) in [4.78, 5) is 46.9. The molecule has 28 heavy (non-hydrogen) atoms. The first-order chi connectivity index (χ1) is 13.0. The maximum atomic E-state index is 12.3. The van der Waals surface area contributed by atoms with Crippen LogP contribution in [0.25, 0.3) is 0 Å². The number of esters is 1. The van der Waals surface area contributed by atoms with Gasteiger partial charge in [-0.05, 0) is 6.92 Å². The van der Waals surface area contributed by atoms with Crippen LogP contribution in [-0.4, -0.2) is 77.1 Å². The molecule has 1 saturated heterocycles. The monoisotopic (exact) mass is 420 g/mol. The van der Waals surface area contributed by atoms with Gasteiger partial charge in [0.15, 0.2) is 5.12 Å². The van der Waals surface area contributed by atoms with Gasteiger partial charge in [0.1, 0.15) is 6.10 Å². The molecule has 0 saturated carbocycles. The molecule has 160 valence electrons. The van der Waals surface area contributed by atoms with E-state index in [4.69, 9.17) is 14.6 Å². The highest BCUT2D eigenvalue weighted by atomic mass is 32.2. The van der Waals surface area contributed by atoms with Crippen molar-refractivity contribution in [1.29, 1.82) is 0 Å². The van der Waals surface area contributed by atoms with Crippen LogP contribution in [0.2, 0.25) is 0 Å². The molecule has 3 atom stereocenters. The Balaban J connectivity index is 2.30. The highest BCUT2D eigenvalue weighted by Gasteiger charge is 2.43.